The number of benzene rings is 2. The highest BCUT2D eigenvalue weighted by atomic mass is 19.2. The minimum Gasteiger partial charge on any atom is -0.289 e. The molecule has 0 radical (unpaired) electrons. The van der Waals surface area contributed by atoms with Crippen LogP contribution in [0.2, 0.25) is 0 Å². The maximum atomic E-state index is 13.6. The van der Waals surface area contributed by atoms with Crippen molar-refractivity contribution in [2.75, 3.05) is 0 Å². The van der Waals surface area contributed by atoms with Crippen LogP contribution in [0.5, 0.6) is 0 Å². The number of carbonyl (C=O) groups excluding carboxylic acids is 1. The Labute approximate surface area is 128 Å². The molecule has 0 bridgehead atoms. The van der Waals surface area contributed by atoms with Crippen molar-refractivity contribution < 1.29 is 26.7 Å². The molecule has 6 heteroatoms. The van der Waals surface area contributed by atoms with Gasteiger partial charge in [0.15, 0.2) is 29.1 Å². The van der Waals surface area contributed by atoms with Crippen LogP contribution in [0, 0.1) is 29.1 Å². The van der Waals surface area contributed by atoms with Crippen LogP contribution in [-0.4, -0.2) is 5.78 Å². The van der Waals surface area contributed by atoms with Gasteiger partial charge < -0.3 is 0 Å². The maximum absolute atomic E-state index is 13.6. The molecule has 0 unspecified atom stereocenters. The standard InChI is InChI=1S/C17H9F5O/c18-12-11(13(19)15(21)16(22)14(12)20)6-5-9-7-8-3-1-2-4-10(8)17(9)23/h1-5H,6-7H2/b9-5+. The summed E-state index contributed by atoms with van der Waals surface area (Å²) >= 11 is 0. The lowest BCUT2D eigenvalue weighted by atomic mass is 10.0. The Morgan fingerprint density at radius 2 is 1.43 bits per heavy atom. The number of rotatable bonds is 2. The number of ketones is 1. The van der Waals surface area contributed by atoms with E-state index in [1.807, 2.05) is 0 Å². The first-order chi connectivity index (χ1) is 10.9. The van der Waals surface area contributed by atoms with Crippen molar-refractivity contribution in [3.05, 3.63) is 81.7 Å². The Morgan fingerprint density at radius 3 is 2.04 bits per heavy atom. The Morgan fingerprint density at radius 1 is 0.870 bits per heavy atom. The Kier molecular flexibility index (Phi) is 3.75. The topological polar surface area (TPSA) is 17.1 Å². The SMILES string of the molecule is O=C1/C(=C/Cc2c(F)c(F)c(F)c(F)c2F)Cc2ccccc21. The lowest BCUT2D eigenvalue weighted by Crippen LogP contribution is -2.07. The minimum atomic E-state index is -2.19. The highest BCUT2D eigenvalue weighted by Crippen LogP contribution is 2.28. The highest BCUT2D eigenvalue weighted by Gasteiger charge is 2.27. The molecule has 2 aromatic carbocycles. The zero-order valence-electron chi connectivity index (χ0n) is 11.6. The number of allylic oxidation sites excluding steroid dienone is 2. The van der Waals surface area contributed by atoms with E-state index in [2.05, 4.69) is 0 Å². The third-order valence-electron chi connectivity index (χ3n) is 3.79. The lowest BCUT2D eigenvalue weighted by molar-refractivity contribution is 0.103. The first kappa shape index (κ1) is 15.4. The van der Waals surface area contributed by atoms with Crippen LogP contribution in [-0.2, 0) is 12.8 Å². The Bertz CT molecular complexity index is 825. The van der Waals surface area contributed by atoms with Crippen LogP contribution < -0.4 is 0 Å². The number of halogens is 5. The van der Waals surface area contributed by atoms with Gasteiger partial charge in [-0.05, 0) is 12.0 Å². The molecule has 1 nitrogen and oxygen atoms in total. The molecule has 0 spiro atoms. The lowest BCUT2D eigenvalue weighted by Gasteiger charge is -2.06. The van der Waals surface area contributed by atoms with E-state index >= 15 is 0 Å². The minimum absolute atomic E-state index is 0.268. The second-order valence-electron chi connectivity index (χ2n) is 5.14. The van der Waals surface area contributed by atoms with Crippen LogP contribution in [0.3, 0.4) is 0 Å². The summed E-state index contributed by atoms with van der Waals surface area (Å²) in [6.45, 7) is 0. The quantitative estimate of drug-likeness (QED) is 0.349. The second kappa shape index (κ2) is 5.61. The summed E-state index contributed by atoms with van der Waals surface area (Å²) in [5.74, 6) is -10.2. The van der Waals surface area contributed by atoms with E-state index in [4.69, 9.17) is 0 Å². The van der Waals surface area contributed by atoms with Crippen molar-refractivity contribution in [3.8, 4) is 0 Å². The van der Waals surface area contributed by atoms with Gasteiger partial charge in [-0.15, -0.1) is 0 Å². The predicted octanol–water partition coefficient (Wildman–Crippen LogP) is 4.29. The monoisotopic (exact) mass is 324 g/mol. The molecule has 0 fully saturated rings. The van der Waals surface area contributed by atoms with Crippen molar-refractivity contribution >= 4 is 5.78 Å². The third kappa shape index (κ3) is 2.44. The van der Waals surface area contributed by atoms with E-state index in [9.17, 15) is 26.7 Å². The largest absolute Gasteiger partial charge is 0.289 e. The molecule has 0 amide bonds. The van der Waals surface area contributed by atoms with Crippen LogP contribution in [0.15, 0.2) is 35.9 Å². The van der Waals surface area contributed by atoms with E-state index in [1.165, 1.54) is 6.08 Å². The number of fused-ring (bicyclic) bond motifs is 1. The molecule has 0 heterocycles. The van der Waals surface area contributed by atoms with Gasteiger partial charge >= 0.3 is 0 Å². The summed E-state index contributed by atoms with van der Waals surface area (Å²) in [4.78, 5) is 12.1. The van der Waals surface area contributed by atoms with Gasteiger partial charge in [-0.25, -0.2) is 22.0 Å². The third-order valence-corrected chi connectivity index (χ3v) is 3.79. The normalized spacial score (nSPS) is 15.3. The number of carbonyl (C=O) groups is 1. The highest BCUT2D eigenvalue weighted by molar-refractivity contribution is 6.13. The number of hydrogen-bond acceptors (Lipinski definition) is 1. The predicted molar refractivity (Wildman–Crippen MR) is 72.5 cm³/mol. The fourth-order valence-corrected chi connectivity index (χ4v) is 2.57. The molecular formula is C17H9F5O. The Balaban J connectivity index is 1.95. The van der Waals surface area contributed by atoms with Crippen LogP contribution in [0.25, 0.3) is 0 Å². The molecule has 0 aromatic heterocycles. The molecule has 0 saturated heterocycles. The maximum Gasteiger partial charge on any atom is 0.200 e. The molecule has 118 valence electrons. The van der Waals surface area contributed by atoms with Crippen molar-refractivity contribution in [3.63, 3.8) is 0 Å². The van der Waals surface area contributed by atoms with Gasteiger partial charge in [-0.3, -0.25) is 4.79 Å². The molecular weight excluding hydrogens is 315 g/mol. The molecule has 3 rings (SSSR count). The molecule has 0 N–H and O–H groups in total. The van der Waals surface area contributed by atoms with E-state index in [0.717, 1.165) is 5.56 Å². The van der Waals surface area contributed by atoms with E-state index < -0.39 is 41.1 Å². The molecule has 1 aliphatic rings. The number of hydrogen-bond donors (Lipinski definition) is 0. The molecule has 0 saturated carbocycles. The first-order valence-corrected chi connectivity index (χ1v) is 6.73. The summed E-state index contributed by atoms with van der Waals surface area (Å²) in [5, 5.41) is 0. The Hall–Kier alpha value is -2.50. The smallest absolute Gasteiger partial charge is 0.200 e. The fourth-order valence-electron chi connectivity index (χ4n) is 2.57. The molecule has 0 aliphatic heterocycles. The molecule has 0 atom stereocenters. The molecule has 23 heavy (non-hydrogen) atoms. The number of Topliss-reactive ketones (excluding diaryl/α,β-unsaturated/α-hetero) is 1. The van der Waals surface area contributed by atoms with Crippen molar-refractivity contribution in [1.29, 1.82) is 0 Å². The van der Waals surface area contributed by atoms with Gasteiger partial charge in [0.05, 0.1) is 0 Å². The first-order valence-electron chi connectivity index (χ1n) is 6.73. The van der Waals surface area contributed by atoms with Crippen molar-refractivity contribution in [2.45, 2.75) is 12.8 Å². The van der Waals surface area contributed by atoms with E-state index in [1.54, 1.807) is 24.3 Å². The van der Waals surface area contributed by atoms with Gasteiger partial charge in [0.25, 0.3) is 0 Å². The summed E-state index contributed by atoms with van der Waals surface area (Å²) < 4.78 is 66.5. The van der Waals surface area contributed by atoms with E-state index in [-0.39, 0.29) is 17.8 Å². The summed E-state index contributed by atoms with van der Waals surface area (Å²) in [7, 11) is 0. The molecule has 1 aliphatic carbocycles. The van der Waals surface area contributed by atoms with E-state index in [0.29, 0.717) is 5.56 Å². The van der Waals surface area contributed by atoms with Gasteiger partial charge in [-0.2, -0.15) is 0 Å². The van der Waals surface area contributed by atoms with Crippen molar-refractivity contribution in [1.82, 2.24) is 0 Å². The second-order valence-corrected chi connectivity index (χ2v) is 5.14. The fraction of sp³-hybridized carbons (Fsp3) is 0.118. The van der Waals surface area contributed by atoms with Gasteiger partial charge in [-0.1, -0.05) is 30.3 Å². The van der Waals surface area contributed by atoms with Gasteiger partial charge in [0, 0.05) is 23.1 Å². The summed E-state index contributed by atoms with van der Waals surface area (Å²) in [6.07, 6.45) is 0.922. The van der Waals surface area contributed by atoms with Crippen LogP contribution in [0.4, 0.5) is 22.0 Å². The average Bonchev–Trinajstić information content (AvgIpc) is 2.88. The summed E-state index contributed by atoms with van der Waals surface area (Å²) in [5.41, 5.74) is 0.574. The van der Waals surface area contributed by atoms with Gasteiger partial charge in [0.1, 0.15) is 0 Å². The van der Waals surface area contributed by atoms with Gasteiger partial charge in [0.2, 0.25) is 5.82 Å². The average molecular weight is 324 g/mol. The zero-order chi connectivity index (χ0) is 16.7. The molecule has 2 aromatic rings. The zero-order valence-corrected chi connectivity index (χ0v) is 11.6. The van der Waals surface area contributed by atoms with Crippen LogP contribution >= 0.6 is 0 Å². The van der Waals surface area contributed by atoms with Crippen molar-refractivity contribution in [2.24, 2.45) is 0 Å². The summed E-state index contributed by atoms with van der Waals surface area (Å²) in [6, 6.07) is 6.80. The van der Waals surface area contributed by atoms with Crippen LogP contribution in [0.1, 0.15) is 21.5 Å².